The van der Waals surface area contributed by atoms with Gasteiger partial charge in [0, 0.05) is 13.5 Å². The molecule has 0 aliphatic heterocycles. The second kappa shape index (κ2) is 7.09. The second-order valence-corrected chi connectivity index (χ2v) is 6.19. The number of benzene rings is 2. The fourth-order valence-electron chi connectivity index (χ4n) is 3.12. The predicted molar refractivity (Wildman–Crippen MR) is 99.5 cm³/mol. The van der Waals surface area contributed by atoms with Crippen molar-refractivity contribution in [3.63, 3.8) is 0 Å². The summed E-state index contributed by atoms with van der Waals surface area (Å²) in [7, 11) is 2.05. The monoisotopic (exact) mass is 347 g/mol. The van der Waals surface area contributed by atoms with E-state index in [0.717, 1.165) is 28.8 Å². The number of hydrogen-bond acceptors (Lipinski definition) is 5. The highest BCUT2D eigenvalue weighted by molar-refractivity contribution is 5.76. The molecule has 4 rings (SSSR count). The molecule has 1 N–H and O–H groups in total. The van der Waals surface area contributed by atoms with E-state index in [2.05, 4.69) is 38.3 Å². The summed E-state index contributed by atoms with van der Waals surface area (Å²) in [6.07, 6.45) is 0.736. The minimum atomic E-state index is -0.0782. The number of aryl methyl sites for hydroxylation is 2. The van der Waals surface area contributed by atoms with E-state index in [1.54, 1.807) is 0 Å². The SMILES string of the molecule is CCc1nnc(CN[C@H](c2ccccc2)c2nc3ccccc3n2C)o1. The van der Waals surface area contributed by atoms with E-state index in [1.807, 2.05) is 50.4 Å². The molecule has 0 bridgehead atoms. The van der Waals surface area contributed by atoms with E-state index in [0.29, 0.717) is 18.3 Å². The van der Waals surface area contributed by atoms with Gasteiger partial charge in [0.1, 0.15) is 5.82 Å². The number of hydrogen-bond donors (Lipinski definition) is 1. The summed E-state index contributed by atoms with van der Waals surface area (Å²) in [5.74, 6) is 2.19. The fourth-order valence-corrected chi connectivity index (χ4v) is 3.12. The van der Waals surface area contributed by atoms with E-state index in [4.69, 9.17) is 9.40 Å². The molecule has 0 amide bonds. The predicted octanol–water partition coefficient (Wildman–Crippen LogP) is 3.40. The lowest BCUT2D eigenvalue weighted by atomic mass is 10.1. The number of nitrogens with zero attached hydrogens (tertiary/aromatic N) is 4. The minimum Gasteiger partial charge on any atom is -0.424 e. The summed E-state index contributed by atoms with van der Waals surface area (Å²) >= 11 is 0. The molecule has 2 heterocycles. The zero-order valence-corrected chi connectivity index (χ0v) is 14.9. The van der Waals surface area contributed by atoms with Crippen LogP contribution in [0.5, 0.6) is 0 Å². The Balaban J connectivity index is 1.69. The number of aromatic nitrogens is 4. The summed E-state index contributed by atoms with van der Waals surface area (Å²) in [5, 5.41) is 11.7. The van der Waals surface area contributed by atoms with Crippen LogP contribution in [0.2, 0.25) is 0 Å². The third-order valence-electron chi connectivity index (χ3n) is 4.48. The molecular formula is C20H21N5O. The van der Waals surface area contributed by atoms with Crippen LogP contribution in [-0.4, -0.2) is 19.7 Å². The smallest absolute Gasteiger partial charge is 0.230 e. The molecule has 132 valence electrons. The maximum atomic E-state index is 5.63. The van der Waals surface area contributed by atoms with Crippen LogP contribution in [0.25, 0.3) is 11.0 Å². The van der Waals surface area contributed by atoms with Gasteiger partial charge in [-0.05, 0) is 17.7 Å². The molecule has 0 aliphatic carbocycles. The van der Waals surface area contributed by atoms with E-state index >= 15 is 0 Å². The highest BCUT2D eigenvalue weighted by atomic mass is 16.4. The molecule has 2 aromatic carbocycles. The van der Waals surface area contributed by atoms with Crippen LogP contribution in [0, 0.1) is 0 Å². The van der Waals surface area contributed by atoms with Crippen molar-refractivity contribution in [2.24, 2.45) is 7.05 Å². The molecule has 6 heteroatoms. The third-order valence-corrected chi connectivity index (χ3v) is 4.48. The first-order chi connectivity index (χ1) is 12.8. The molecule has 0 radical (unpaired) electrons. The Labute approximate surface area is 151 Å². The Morgan fingerprint density at radius 2 is 1.73 bits per heavy atom. The van der Waals surface area contributed by atoms with Crippen LogP contribution in [0.3, 0.4) is 0 Å². The molecule has 0 spiro atoms. The van der Waals surface area contributed by atoms with Crippen molar-refractivity contribution in [3.05, 3.63) is 77.8 Å². The molecule has 1 atom stereocenters. The number of rotatable bonds is 6. The van der Waals surface area contributed by atoms with Gasteiger partial charge in [0.2, 0.25) is 11.8 Å². The average molecular weight is 347 g/mol. The van der Waals surface area contributed by atoms with Gasteiger partial charge >= 0.3 is 0 Å². The summed E-state index contributed by atoms with van der Waals surface area (Å²) < 4.78 is 7.76. The highest BCUT2D eigenvalue weighted by Crippen LogP contribution is 2.25. The lowest BCUT2D eigenvalue weighted by Crippen LogP contribution is -2.25. The van der Waals surface area contributed by atoms with Crippen LogP contribution in [0.1, 0.15) is 36.1 Å². The number of para-hydroxylation sites is 2. The van der Waals surface area contributed by atoms with Crippen molar-refractivity contribution in [2.75, 3.05) is 0 Å². The number of imidazole rings is 1. The zero-order valence-electron chi connectivity index (χ0n) is 14.9. The Morgan fingerprint density at radius 1 is 1.00 bits per heavy atom. The summed E-state index contributed by atoms with van der Waals surface area (Å²) in [4.78, 5) is 4.86. The molecule has 0 saturated heterocycles. The van der Waals surface area contributed by atoms with Gasteiger partial charge in [-0.3, -0.25) is 5.32 Å². The van der Waals surface area contributed by atoms with Crippen LogP contribution in [0.15, 0.2) is 59.0 Å². The van der Waals surface area contributed by atoms with E-state index in [1.165, 1.54) is 0 Å². The first-order valence-corrected chi connectivity index (χ1v) is 8.77. The van der Waals surface area contributed by atoms with Crippen molar-refractivity contribution in [1.82, 2.24) is 25.1 Å². The van der Waals surface area contributed by atoms with Gasteiger partial charge in [0.25, 0.3) is 0 Å². The van der Waals surface area contributed by atoms with E-state index in [9.17, 15) is 0 Å². The zero-order chi connectivity index (χ0) is 17.9. The van der Waals surface area contributed by atoms with Crippen molar-refractivity contribution < 1.29 is 4.42 Å². The van der Waals surface area contributed by atoms with Crippen LogP contribution in [-0.2, 0) is 20.0 Å². The Hall–Kier alpha value is -2.99. The third kappa shape index (κ3) is 3.11. The first kappa shape index (κ1) is 16.5. The molecule has 0 aliphatic rings. The van der Waals surface area contributed by atoms with E-state index < -0.39 is 0 Å². The van der Waals surface area contributed by atoms with Crippen molar-refractivity contribution in [2.45, 2.75) is 25.9 Å². The van der Waals surface area contributed by atoms with Gasteiger partial charge in [-0.15, -0.1) is 10.2 Å². The molecule has 2 aromatic heterocycles. The van der Waals surface area contributed by atoms with E-state index in [-0.39, 0.29) is 6.04 Å². The molecule has 0 saturated carbocycles. The lowest BCUT2D eigenvalue weighted by molar-refractivity contribution is 0.422. The number of fused-ring (bicyclic) bond motifs is 1. The van der Waals surface area contributed by atoms with Gasteiger partial charge in [0.15, 0.2) is 0 Å². The quantitative estimate of drug-likeness (QED) is 0.579. The van der Waals surface area contributed by atoms with Crippen LogP contribution in [0.4, 0.5) is 0 Å². The molecule has 0 fully saturated rings. The van der Waals surface area contributed by atoms with Crippen molar-refractivity contribution >= 4 is 11.0 Å². The summed E-state index contributed by atoms with van der Waals surface area (Å²) in [5.41, 5.74) is 3.23. The fraction of sp³-hybridized carbons (Fsp3) is 0.250. The molecule has 6 nitrogen and oxygen atoms in total. The molecular weight excluding hydrogens is 326 g/mol. The van der Waals surface area contributed by atoms with Gasteiger partial charge in [0.05, 0.1) is 23.6 Å². The maximum absolute atomic E-state index is 5.63. The summed E-state index contributed by atoms with van der Waals surface area (Å²) in [6.45, 7) is 2.48. The second-order valence-electron chi connectivity index (χ2n) is 6.19. The first-order valence-electron chi connectivity index (χ1n) is 8.77. The Morgan fingerprint density at radius 3 is 2.46 bits per heavy atom. The van der Waals surface area contributed by atoms with Crippen LogP contribution >= 0.6 is 0 Å². The van der Waals surface area contributed by atoms with Gasteiger partial charge in [-0.1, -0.05) is 49.4 Å². The maximum Gasteiger partial charge on any atom is 0.230 e. The largest absolute Gasteiger partial charge is 0.424 e. The van der Waals surface area contributed by atoms with Crippen molar-refractivity contribution in [1.29, 1.82) is 0 Å². The Kier molecular flexibility index (Phi) is 4.50. The normalized spacial score (nSPS) is 12.5. The molecule has 26 heavy (non-hydrogen) atoms. The van der Waals surface area contributed by atoms with Crippen molar-refractivity contribution in [3.8, 4) is 0 Å². The van der Waals surface area contributed by atoms with Gasteiger partial charge in [-0.25, -0.2) is 4.98 Å². The van der Waals surface area contributed by atoms with Gasteiger partial charge in [-0.2, -0.15) is 0 Å². The minimum absolute atomic E-state index is 0.0782. The van der Waals surface area contributed by atoms with Crippen LogP contribution < -0.4 is 5.32 Å². The lowest BCUT2D eigenvalue weighted by Gasteiger charge is -2.18. The summed E-state index contributed by atoms with van der Waals surface area (Å²) in [6, 6.07) is 18.4. The molecule has 4 aromatic rings. The Bertz CT molecular complexity index is 1010. The average Bonchev–Trinajstić information content (AvgIpc) is 3.28. The topological polar surface area (TPSA) is 68.8 Å². The highest BCUT2D eigenvalue weighted by Gasteiger charge is 2.21. The standard InChI is InChI=1S/C20H21N5O/c1-3-17-23-24-18(26-17)13-21-19(14-9-5-4-6-10-14)20-22-15-11-7-8-12-16(15)25(20)2/h4-12,19,21H,3,13H2,1-2H3/t19-/m1/s1. The molecule has 0 unspecified atom stereocenters. The van der Waals surface area contributed by atoms with Gasteiger partial charge < -0.3 is 8.98 Å². The number of nitrogens with one attached hydrogen (secondary N) is 1.